The van der Waals surface area contributed by atoms with Gasteiger partial charge in [0.15, 0.2) is 0 Å². The number of benzene rings is 1. The normalized spacial score (nSPS) is 10.7. The summed E-state index contributed by atoms with van der Waals surface area (Å²) in [6.45, 7) is 3.72. The van der Waals surface area contributed by atoms with E-state index in [9.17, 15) is 4.39 Å². The third-order valence-corrected chi connectivity index (χ3v) is 4.05. The van der Waals surface area contributed by atoms with Crippen molar-refractivity contribution in [3.05, 3.63) is 45.4 Å². The summed E-state index contributed by atoms with van der Waals surface area (Å²) in [6.07, 6.45) is 0. The Morgan fingerprint density at radius 1 is 1.44 bits per heavy atom. The number of nitrogens with zero attached hydrogens (tertiary/aromatic N) is 2. The van der Waals surface area contributed by atoms with Gasteiger partial charge < -0.3 is 5.73 Å². The summed E-state index contributed by atoms with van der Waals surface area (Å²) in [4.78, 5) is 0.176. The molecule has 0 atom stereocenters. The molecule has 2 aromatic rings. The Morgan fingerprint density at radius 3 is 2.56 bits per heavy atom. The number of rotatable bonds is 2. The summed E-state index contributed by atoms with van der Waals surface area (Å²) >= 11 is 8.23. The lowest BCUT2D eigenvalue weighted by molar-refractivity contribution is 0.607. The molecule has 1 aromatic heterocycles. The number of aryl methyl sites for hydroxylation is 1. The van der Waals surface area contributed by atoms with Gasteiger partial charge in [0.05, 0.1) is 15.9 Å². The first kappa shape index (κ1) is 13.2. The van der Waals surface area contributed by atoms with Gasteiger partial charge in [-0.3, -0.25) is 0 Å². The molecule has 0 spiro atoms. The minimum absolute atomic E-state index is 0.176. The highest BCUT2D eigenvalue weighted by Gasteiger charge is 2.14. The van der Waals surface area contributed by atoms with Crippen molar-refractivity contribution in [2.45, 2.75) is 13.8 Å². The first-order valence-corrected chi connectivity index (χ1v) is 6.43. The molecule has 18 heavy (non-hydrogen) atoms. The van der Waals surface area contributed by atoms with Crippen LogP contribution in [0.2, 0.25) is 0 Å². The molecular weight excluding hydrogens is 317 g/mol. The van der Waals surface area contributed by atoms with Gasteiger partial charge in [-0.05, 0) is 48.0 Å². The van der Waals surface area contributed by atoms with Gasteiger partial charge in [-0.15, -0.1) is 0 Å². The van der Waals surface area contributed by atoms with Gasteiger partial charge in [-0.2, -0.15) is 5.10 Å². The highest BCUT2D eigenvalue weighted by Crippen LogP contribution is 2.24. The summed E-state index contributed by atoms with van der Waals surface area (Å²) < 4.78 is 16.5. The molecule has 1 aromatic carbocycles. The molecule has 0 saturated heterocycles. The molecule has 0 amide bonds. The van der Waals surface area contributed by atoms with E-state index >= 15 is 0 Å². The molecule has 0 radical (unpaired) electrons. The molecule has 0 fully saturated rings. The molecule has 0 unspecified atom stereocenters. The van der Waals surface area contributed by atoms with Crippen molar-refractivity contribution in [1.82, 2.24) is 9.78 Å². The van der Waals surface area contributed by atoms with E-state index in [-0.39, 0.29) is 4.99 Å². The second-order valence-corrected chi connectivity index (χ2v) is 5.16. The molecule has 0 aliphatic carbocycles. The Bertz CT molecular complexity index is 636. The number of thiocarbonyl (C=S) groups is 1. The van der Waals surface area contributed by atoms with Crippen LogP contribution in [0.1, 0.15) is 17.0 Å². The molecule has 2 N–H and O–H groups in total. The average Bonchev–Trinajstić information content (AvgIpc) is 2.57. The predicted molar refractivity (Wildman–Crippen MR) is 76.6 cm³/mol. The van der Waals surface area contributed by atoms with Gasteiger partial charge in [0, 0.05) is 5.56 Å². The van der Waals surface area contributed by atoms with Crippen LogP contribution in [-0.4, -0.2) is 14.8 Å². The van der Waals surface area contributed by atoms with Crippen molar-refractivity contribution in [3.8, 4) is 5.69 Å². The molecule has 0 aliphatic heterocycles. The lowest BCUT2D eigenvalue weighted by Gasteiger charge is -2.07. The van der Waals surface area contributed by atoms with Crippen LogP contribution in [0.5, 0.6) is 0 Å². The van der Waals surface area contributed by atoms with E-state index in [4.69, 9.17) is 18.0 Å². The van der Waals surface area contributed by atoms with Gasteiger partial charge in [-0.25, -0.2) is 9.07 Å². The zero-order chi connectivity index (χ0) is 13.4. The van der Waals surface area contributed by atoms with Crippen molar-refractivity contribution in [3.63, 3.8) is 0 Å². The van der Waals surface area contributed by atoms with E-state index in [0.717, 1.165) is 15.9 Å². The van der Waals surface area contributed by atoms with Gasteiger partial charge in [-0.1, -0.05) is 12.2 Å². The molecule has 0 saturated carbocycles. The summed E-state index contributed by atoms with van der Waals surface area (Å²) in [5.41, 5.74) is 8.00. The smallest absolute Gasteiger partial charge is 0.149 e. The molecule has 1 heterocycles. The second-order valence-electron chi connectivity index (χ2n) is 3.93. The van der Waals surface area contributed by atoms with E-state index in [1.165, 1.54) is 6.07 Å². The lowest BCUT2D eigenvalue weighted by Crippen LogP contribution is -2.11. The number of nitrogens with two attached hydrogens (primary N) is 1. The molecule has 0 aliphatic rings. The van der Waals surface area contributed by atoms with Crippen molar-refractivity contribution in [1.29, 1.82) is 0 Å². The summed E-state index contributed by atoms with van der Waals surface area (Å²) in [5, 5.41) is 4.28. The number of halogens is 2. The van der Waals surface area contributed by atoms with Gasteiger partial charge in [0.1, 0.15) is 16.5 Å². The summed E-state index contributed by atoms with van der Waals surface area (Å²) in [6, 6.07) is 4.63. The molecule has 2 rings (SSSR count). The van der Waals surface area contributed by atoms with Crippen molar-refractivity contribution in [2.24, 2.45) is 5.73 Å². The maximum atomic E-state index is 14.0. The highest BCUT2D eigenvalue weighted by atomic mass is 79.9. The first-order chi connectivity index (χ1) is 8.41. The average molecular weight is 328 g/mol. The van der Waals surface area contributed by atoms with E-state index in [1.807, 2.05) is 13.8 Å². The fourth-order valence-electron chi connectivity index (χ4n) is 1.69. The van der Waals surface area contributed by atoms with Gasteiger partial charge in [0.2, 0.25) is 0 Å². The van der Waals surface area contributed by atoms with E-state index in [1.54, 1.807) is 16.8 Å². The van der Waals surface area contributed by atoms with Crippen LogP contribution in [0.4, 0.5) is 4.39 Å². The van der Waals surface area contributed by atoms with Crippen LogP contribution in [0.3, 0.4) is 0 Å². The SMILES string of the molecule is Cc1nn(-c2ccc(C(N)=S)cc2F)c(C)c1Br. The van der Waals surface area contributed by atoms with Crippen molar-refractivity contribution >= 4 is 33.1 Å². The van der Waals surface area contributed by atoms with Gasteiger partial charge >= 0.3 is 0 Å². The van der Waals surface area contributed by atoms with Crippen LogP contribution in [0.25, 0.3) is 5.69 Å². The van der Waals surface area contributed by atoms with Gasteiger partial charge in [0.25, 0.3) is 0 Å². The Morgan fingerprint density at radius 2 is 2.11 bits per heavy atom. The quantitative estimate of drug-likeness (QED) is 0.862. The standard InChI is InChI=1S/C12H11BrFN3S/c1-6-11(13)7(2)17(16-6)10-4-3-8(12(15)18)5-9(10)14/h3-5H,1-2H3,(H2,15,18). The Hall–Kier alpha value is -1.27. The van der Waals surface area contributed by atoms with E-state index < -0.39 is 5.82 Å². The largest absolute Gasteiger partial charge is 0.389 e. The lowest BCUT2D eigenvalue weighted by atomic mass is 10.2. The number of hydrogen-bond donors (Lipinski definition) is 1. The predicted octanol–water partition coefficient (Wildman–Crippen LogP) is 3.02. The van der Waals surface area contributed by atoms with E-state index in [0.29, 0.717) is 11.3 Å². The second kappa shape index (κ2) is 4.78. The van der Waals surface area contributed by atoms with Crippen LogP contribution in [-0.2, 0) is 0 Å². The van der Waals surface area contributed by atoms with E-state index in [2.05, 4.69) is 21.0 Å². The third kappa shape index (κ3) is 2.18. The maximum Gasteiger partial charge on any atom is 0.149 e. The Balaban J connectivity index is 2.58. The number of aromatic nitrogens is 2. The third-order valence-electron chi connectivity index (χ3n) is 2.66. The maximum absolute atomic E-state index is 14.0. The monoisotopic (exact) mass is 327 g/mol. The summed E-state index contributed by atoms with van der Waals surface area (Å²) in [7, 11) is 0. The van der Waals surface area contributed by atoms with Crippen LogP contribution in [0, 0.1) is 19.7 Å². The fourth-order valence-corrected chi connectivity index (χ4v) is 2.06. The summed E-state index contributed by atoms with van der Waals surface area (Å²) in [5.74, 6) is -0.404. The Labute approximate surface area is 118 Å². The Kier molecular flexibility index (Phi) is 3.49. The molecule has 0 bridgehead atoms. The molecule has 94 valence electrons. The van der Waals surface area contributed by atoms with Crippen molar-refractivity contribution in [2.75, 3.05) is 0 Å². The van der Waals surface area contributed by atoms with Crippen LogP contribution in [0.15, 0.2) is 22.7 Å². The molecule has 6 heteroatoms. The first-order valence-electron chi connectivity index (χ1n) is 5.23. The highest BCUT2D eigenvalue weighted by molar-refractivity contribution is 9.10. The minimum atomic E-state index is -0.404. The van der Waals surface area contributed by atoms with Crippen LogP contribution < -0.4 is 5.73 Å². The zero-order valence-corrected chi connectivity index (χ0v) is 12.3. The topological polar surface area (TPSA) is 43.8 Å². The minimum Gasteiger partial charge on any atom is -0.389 e. The fraction of sp³-hybridized carbons (Fsp3) is 0.167. The van der Waals surface area contributed by atoms with Crippen LogP contribution >= 0.6 is 28.1 Å². The number of hydrogen-bond acceptors (Lipinski definition) is 2. The molecular formula is C12H11BrFN3S. The van der Waals surface area contributed by atoms with Crippen molar-refractivity contribution < 1.29 is 4.39 Å². The molecule has 3 nitrogen and oxygen atoms in total. The zero-order valence-electron chi connectivity index (χ0n) is 9.87.